The summed E-state index contributed by atoms with van der Waals surface area (Å²) in [6.07, 6.45) is 0. The van der Waals surface area contributed by atoms with E-state index in [2.05, 4.69) is 170 Å². The van der Waals surface area contributed by atoms with Gasteiger partial charge in [0, 0.05) is 11.1 Å². The fourth-order valence-electron chi connectivity index (χ4n) is 10.6. The maximum atomic E-state index is 15.0. The molecule has 0 saturated carbocycles. The average Bonchev–Trinajstić information content (AvgIpc) is 3.89. The van der Waals surface area contributed by atoms with Gasteiger partial charge in [-0.3, -0.25) is 4.79 Å². The predicted octanol–water partition coefficient (Wildman–Crippen LogP) is 11.6. The Bertz CT molecular complexity index is 2570. The Kier molecular flexibility index (Phi) is 5.31. The lowest BCUT2D eigenvalue weighted by Gasteiger charge is -2.31. The summed E-state index contributed by atoms with van der Waals surface area (Å²) in [7, 11) is 0. The fraction of sp³-hybridized carbons (Fsp3) is 0.0392. The van der Waals surface area contributed by atoms with Crippen molar-refractivity contribution in [2.24, 2.45) is 0 Å². The lowest BCUT2D eigenvalue weighted by molar-refractivity contribution is 0.103. The van der Waals surface area contributed by atoms with Crippen LogP contribution in [0.4, 0.5) is 0 Å². The van der Waals surface area contributed by atoms with Gasteiger partial charge in [-0.05, 0) is 101 Å². The van der Waals surface area contributed by atoms with Crippen molar-refractivity contribution in [2.75, 3.05) is 0 Å². The van der Waals surface area contributed by atoms with Crippen LogP contribution in [0.5, 0.6) is 0 Å². The Hall–Kier alpha value is -6.57. The van der Waals surface area contributed by atoms with Gasteiger partial charge in [-0.25, -0.2) is 0 Å². The van der Waals surface area contributed by atoms with E-state index in [-0.39, 0.29) is 5.78 Å². The highest BCUT2D eigenvalue weighted by molar-refractivity contribution is 6.11. The third-order valence-electron chi connectivity index (χ3n) is 12.5. The van der Waals surface area contributed by atoms with E-state index < -0.39 is 10.8 Å². The summed E-state index contributed by atoms with van der Waals surface area (Å²) in [6, 6.07) is 65.7. The van der Waals surface area contributed by atoms with E-state index in [1.807, 2.05) is 12.1 Å². The number of hydrogen-bond donors (Lipinski definition) is 0. The highest BCUT2D eigenvalue weighted by atomic mass is 16.1. The van der Waals surface area contributed by atoms with Crippen LogP contribution < -0.4 is 0 Å². The molecular formula is C51H30O. The van der Waals surface area contributed by atoms with E-state index in [4.69, 9.17) is 0 Å². The lowest BCUT2D eigenvalue weighted by atomic mass is 9.70. The number of carbonyl (C=O) groups excluding carboxylic acids is 1. The van der Waals surface area contributed by atoms with Crippen LogP contribution in [0.15, 0.2) is 182 Å². The minimum atomic E-state index is -0.490. The van der Waals surface area contributed by atoms with Gasteiger partial charge in [0.25, 0.3) is 0 Å². The van der Waals surface area contributed by atoms with Crippen molar-refractivity contribution in [3.05, 3.63) is 238 Å². The van der Waals surface area contributed by atoms with E-state index in [9.17, 15) is 4.79 Å². The summed E-state index contributed by atoms with van der Waals surface area (Å²) in [6.45, 7) is 0. The van der Waals surface area contributed by atoms with Crippen LogP contribution in [0.2, 0.25) is 0 Å². The molecule has 0 amide bonds. The summed E-state index contributed by atoms with van der Waals surface area (Å²) in [5.74, 6) is 0.0435. The molecule has 0 aromatic heterocycles. The number of fused-ring (bicyclic) bond motifs is 20. The molecule has 4 aliphatic rings. The molecule has 0 fully saturated rings. The molecule has 0 aliphatic heterocycles. The van der Waals surface area contributed by atoms with E-state index in [1.54, 1.807) is 0 Å². The normalized spacial score (nSPS) is 14.9. The summed E-state index contributed by atoms with van der Waals surface area (Å²) < 4.78 is 0. The van der Waals surface area contributed by atoms with Gasteiger partial charge in [0.2, 0.25) is 0 Å². The molecular weight excluding hydrogens is 629 g/mol. The molecule has 0 saturated heterocycles. The SMILES string of the molecule is O=C(c1ccc2c(c1)C1(c3ccccc3-c3ccccc31)c1ccccc1-2)c1ccc2c(c1)C1(c3ccccc3-c3ccccc31)c1ccccc1-2. The number of ketones is 1. The first-order valence-corrected chi connectivity index (χ1v) is 18.1. The average molecular weight is 659 g/mol. The van der Waals surface area contributed by atoms with Gasteiger partial charge in [-0.1, -0.05) is 170 Å². The third-order valence-corrected chi connectivity index (χ3v) is 12.5. The first kappa shape index (κ1) is 28.2. The zero-order valence-corrected chi connectivity index (χ0v) is 28.2. The highest BCUT2D eigenvalue weighted by Crippen LogP contribution is 2.64. The molecule has 8 aromatic carbocycles. The molecule has 0 N–H and O–H groups in total. The van der Waals surface area contributed by atoms with Gasteiger partial charge < -0.3 is 0 Å². The number of carbonyl (C=O) groups is 1. The Labute approximate surface area is 302 Å². The monoisotopic (exact) mass is 658 g/mol. The van der Waals surface area contributed by atoms with Crippen molar-refractivity contribution < 1.29 is 4.79 Å². The standard InChI is InChI=1S/C51H30O/c52-49(31-25-27-39-37-17-5-11-23-45(37)50(47(39)29-31)41-19-7-1-13-33(41)34-14-2-8-20-42(34)50)32-26-28-40-38-18-6-12-24-46(38)51(48(40)30-32)43-21-9-3-15-35(43)36-16-4-10-22-44(36)51/h1-30H. The molecule has 0 unspecified atom stereocenters. The van der Waals surface area contributed by atoms with Crippen molar-refractivity contribution >= 4 is 5.78 Å². The van der Waals surface area contributed by atoms with E-state index in [0.29, 0.717) is 11.1 Å². The molecule has 0 bridgehead atoms. The van der Waals surface area contributed by atoms with Crippen LogP contribution in [0, 0.1) is 0 Å². The van der Waals surface area contributed by atoms with Crippen LogP contribution >= 0.6 is 0 Å². The summed E-state index contributed by atoms with van der Waals surface area (Å²) in [5.41, 5.74) is 20.4. The molecule has 1 heteroatoms. The molecule has 4 aliphatic carbocycles. The molecule has 52 heavy (non-hydrogen) atoms. The van der Waals surface area contributed by atoms with Crippen LogP contribution in [-0.4, -0.2) is 5.78 Å². The Morgan fingerprint density at radius 3 is 0.769 bits per heavy atom. The molecule has 0 heterocycles. The maximum Gasteiger partial charge on any atom is 0.193 e. The smallest absolute Gasteiger partial charge is 0.193 e. The zero-order valence-electron chi connectivity index (χ0n) is 28.2. The molecule has 0 radical (unpaired) electrons. The number of rotatable bonds is 2. The minimum Gasteiger partial charge on any atom is -0.289 e. The second-order valence-electron chi connectivity index (χ2n) is 14.6. The van der Waals surface area contributed by atoms with Crippen molar-refractivity contribution in [3.63, 3.8) is 0 Å². The van der Waals surface area contributed by atoms with Gasteiger partial charge in [0.1, 0.15) is 0 Å². The largest absolute Gasteiger partial charge is 0.289 e. The van der Waals surface area contributed by atoms with Gasteiger partial charge >= 0.3 is 0 Å². The van der Waals surface area contributed by atoms with E-state index >= 15 is 0 Å². The second kappa shape index (κ2) is 9.81. The minimum absolute atomic E-state index is 0.0435. The van der Waals surface area contributed by atoms with Crippen LogP contribution in [0.3, 0.4) is 0 Å². The zero-order chi connectivity index (χ0) is 34.2. The Balaban J connectivity index is 1.08. The van der Waals surface area contributed by atoms with E-state index in [1.165, 1.54) is 89.0 Å². The molecule has 12 rings (SSSR count). The van der Waals surface area contributed by atoms with Gasteiger partial charge in [0.05, 0.1) is 10.8 Å². The number of benzene rings is 8. The fourth-order valence-corrected chi connectivity index (χ4v) is 10.6. The summed E-state index contributed by atoms with van der Waals surface area (Å²) in [5, 5.41) is 0. The molecule has 0 atom stereocenters. The van der Waals surface area contributed by atoms with Crippen molar-refractivity contribution in [3.8, 4) is 44.5 Å². The lowest BCUT2D eigenvalue weighted by Crippen LogP contribution is -2.26. The van der Waals surface area contributed by atoms with Gasteiger partial charge in [-0.2, -0.15) is 0 Å². The number of hydrogen-bond acceptors (Lipinski definition) is 1. The van der Waals surface area contributed by atoms with Crippen molar-refractivity contribution in [1.29, 1.82) is 0 Å². The topological polar surface area (TPSA) is 17.1 Å². The van der Waals surface area contributed by atoms with Crippen LogP contribution in [0.25, 0.3) is 44.5 Å². The van der Waals surface area contributed by atoms with Gasteiger partial charge in [0.15, 0.2) is 5.78 Å². The predicted molar refractivity (Wildman–Crippen MR) is 209 cm³/mol. The van der Waals surface area contributed by atoms with E-state index in [0.717, 1.165) is 0 Å². The third kappa shape index (κ3) is 3.15. The van der Waals surface area contributed by atoms with Crippen LogP contribution in [-0.2, 0) is 10.8 Å². The quantitative estimate of drug-likeness (QED) is 0.169. The Morgan fingerprint density at radius 2 is 0.500 bits per heavy atom. The first-order valence-electron chi connectivity index (χ1n) is 18.1. The molecule has 8 aromatic rings. The maximum absolute atomic E-state index is 15.0. The van der Waals surface area contributed by atoms with Crippen molar-refractivity contribution in [2.45, 2.75) is 10.8 Å². The highest BCUT2D eigenvalue weighted by Gasteiger charge is 2.53. The van der Waals surface area contributed by atoms with Gasteiger partial charge in [-0.15, -0.1) is 0 Å². The van der Waals surface area contributed by atoms with Crippen LogP contribution in [0.1, 0.15) is 60.4 Å². The summed E-state index contributed by atoms with van der Waals surface area (Å²) >= 11 is 0. The second-order valence-corrected chi connectivity index (χ2v) is 14.6. The molecule has 2 spiro atoms. The van der Waals surface area contributed by atoms with Crippen molar-refractivity contribution in [1.82, 2.24) is 0 Å². The molecule has 240 valence electrons. The Morgan fingerprint density at radius 1 is 0.269 bits per heavy atom. The first-order chi connectivity index (χ1) is 25.7. The molecule has 1 nitrogen and oxygen atoms in total. The summed E-state index contributed by atoms with van der Waals surface area (Å²) in [4.78, 5) is 15.0.